The molecule has 0 radical (unpaired) electrons. The van der Waals surface area contributed by atoms with Crippen LogP contribution in [-0.4, -0.2) is 16.2 Å². The molecule has 0 atom stereocenters. The lowest BCUT2D eigenvalue weighted by Crippen LogP contribution is -2.25. The average molecular weight is 971 g/mol. The van der Waals surface area contributed by atoms with Crippen LogP contribution in [0.4, 0.5) is 40.3 Å². The summed E-state index contributed by atoms with van der Waals surface area (Å²) in [6, 6.07) is 51.7. The second kappa shape index (κ2) is 18.5. The van der Waals surface area contributed by atoms with Gasteiger partial charge in [-0.15, -0.1) is 0 Å². The topological polar surface area (TPSA) is 33.5 Å². The number of rotatable bonds is 10. The summed E-state index contributed by atoms with van der Waals surface area (Å²) >= 11 is 0. The van der Waals surface area contributed by atoms with Gasteiger partial charge in [-0.2, -0.15) is 0 Å². The molecule has 0 spiro atoms. The van der Waals surface area contributed by atoms with Crippen molar-refractivity contribution in [2.75, 3.05) is 16.5 Å². The molecule has 0 saturated heterocycles. The lowest BCUT2D eigenvalue weighted by molar-refractivity contribution is 0.483. The normalized spacial score (nSPS) is 12.7. The van der Waals surface area contributed by atoms with E-state index in [1.165, 1.54) is 41.0 Å². The van der Waals surface area contributed by atoms with Crippen LogP contribution in [0.1, 0.15) is 77.0 Å². The highest BCUT2D eigenvalue weighted by Gasteiger charge is 2.33. The molecule has 364 valence electrons. The number of pyridine rings is 1. The van der Waals surface area contributed by atoms with Crippen molar-refractivity contribution >= 4 is 44.6 Å². The van der Waals surface area contributed by atoms with Crippen LogP contribution in [0.15, 0.2) is 176 Å². The van der Waals surface area contributed by atoms with Crippen LogP contribution >= 0.6 is 0 Å². The number of para-hydroxylation sites is 4. The number of nitrogens with zero attached hydrogens (tertiary/aromatic N) is 4. The lowest BCUT2D eigenvalue weighted by Gasteiger charge is -2.28. The van der Waals surface area contributed by atoms with Gasteiger partial charge in [-0.3, -0.25) is 4.57 Å². The first-order chi connectivity index (χ1) is 35.1. The van der Waals surface area contributed by atoms with Gasteiger partial charge in [0, 0.05) is 58.0 Å². The molecule has 73 heavy (non-hydrogen) atoms. The maximum absolute atomic E-state index is 15.1. The Balaban J connectivity index is 1.10. The van der Waals surface area contributed by atoms with Gasteiger partial charge in [-0.1, -0.05) is 115 Å². The van der Waals surface area contributed by atoms with Crippen molar-refractivity contribution in [3.05, 3.63) is 216 Å². The van der Waals surface area contributed by atoms with E-state index in [4.69, 9.17) is 9.72 Å². The molecule has 0 unspecified atom stereocenters. The van der Waals surface area contributed by atoms with E-state index in [1.54, 1.807) is 18.2 Å². The third-order valence-corrected chi connectivity index (χ3v) is 14.0. The summed E-state index contributed by atoms with van der Waals surface area (Å²) in [6.07, 6.45) is 1.88. The van der Waals surface area contributed by atoms with Gasteiger partial charge in [0.25, 0.3) is 0 Å². The molecule has 0 N–H and O–H groups in total. The van der Waals surface area contributed by atoms with Crippen molar-refractivity contribution in [3.8, 4) is 50.7 Å². The van der Waals surface area contributed by atoms with Crippen LogP contribution < -0.4 is 14.5 Å². The Morgan fingerprint density at radius 3 is 1.70 bits per heavy atom. The Kier molecular flexibility index (Phi) is 11.9. The molecule has 5 nitrogen and oxygen atoms in total. The number of benzene rings is 8. The standard InChI is InChI=1S/C64H54F4N4O/c1-38(2)51-15-12-16-52(39(3)4)62(51)42-30-48(35-50(31-42)73-49-22-23-56-55-14-8-9-19-57(55)72(60(56)36-49)61-32-43(24-25-69-61)64(5,6)7)70-37-71(59-21-11-10-20-58(59)70)63-53(40-26-44(65)33-45(66)27-40)17-13-18-54(63)41-28-46(67)34-47(68)29-41/h8-36,38-39H,37H2,1-7H3. The van der Waals surface area contributed by atoms with Crippen LogP contribution in [0, 0.1) is 23.3 Å². The zero-order valence-corrected chi connectivity index (χ0v) is 41.8. The lowest BCUT2D eigenvalue weighted by atomic mass is 9.85. The molecule has 0 saturated carbocycles. The monoisotopic (exact) mass is 970 g/mol. The number of aromatic nitrogens is 2. The van der Waals surface area contributed by atoms with Crippen LogP contribution in [0.3, 0.4) is 0 Å². The molecular weight excluding hydrogens is 917 g/mol. The Hall–Kier alpha value is -8.17. The maximum atomic E-state index is 15.1. The largest absolute Gasteiger partial charge is 0.457 e. The van der Waals surface area contributed by atoms with Gasteiger partial charge in [-0.05, 0) is 135 Å². The predicted molar refractivity (Wildman–Crippen MR) is 290 cm³/mol. The van der Waals surface area contributed by atoms with E-state index in [9.17, 15) is 0 Å². The predicted octanol–water partition coefficient (Wildman–Crippen LogP) is 18.3. The fourth-order valence-corrected chi connectivity index (χ4v) is 10.6. The molecule has 8 aromatic carbocycles. The van der Waals surface area contributed by atoms with Gasteiger partial charge in [0.05, 0.1) is 28.1 Å². The summed E-state index contributed by atoms with van der Waals surface area (Å²) in [7, 11) is 0. The number of fused-ring (bicyclic) bond motifs is 4. The first-order valence-corrected chi connectivity index (χ1v) is 24.8. The van der Waals surface area contributed by atoms with E-state index < -0.39 is 23.3 Å². The minimum atomic E-state index is -0.745. The van der Waals surface area contributed by atoms with Crippen molar-refractivity contribution in [1.82, 2.24) is 9.55 Å². The molecule has 0 aliphatic carbocycles. The number of ether oxygens (including phenoxy) is 1. The van der Waals surface area contributed by atoms with Crippen molar-refractivity contribution in [3.63, 3.8) is 0 Å². The van der Waals surface area contributed by atoms with Crippen molar-refractivity contribution < 1.29 is 22.3 Å². The Labute approximate surface area is 423 Å². The first-order valence-electron chi connectivity index (χ1n) is 24.8. The van der Waals surface area contributed by atoms with Crippen molar-refractivity contribution in [2.24, 2.45) is 0 Å². The van der Waals surface area contributed by atoms with E-state index in [2.05, 4.69) is 142 Å². The van der Waals surface area contributed by atoms with E-state index in [0.29, 0.717) is 28.3 Å². The second-order valence-corrected chi connectivity index (χ2v) is 20.6. The molecule has 11 rings (SSSR count). The van der Waals surface area contributed by atoms with Gasteiger partial charge >= 0.3 is 0 Å². The molecule has 1 aliphatic heterocycles. The Morgan fingerprint density at radius 1 is 0.507 bits per heavy atom. The number of hydrogen-bond donors (Lipinski definition) is 0. The van der Waals surface area contributed by atoms with Crippen LogP contribution in [0.2, 0.25) is 0 Å². The Morgan fingerprint density at radius 2 is 1.08 bits per heavy atom. The van der Waals surface area contributed by atoms with Gasteiger partial charge in [0.1, 0.15) is 47.3 Å². The summed E-state index contributed by atoms with van der Waals surface area (Å²) in [6.45, 7) is 15.7. The zero-order valence-electron chi connectivity index (χ0n) is 41.8. The van der Waals surface area contributed by atoms with Crippen molar-refractivity contribution in [1.29, 1.82) is 0 Å². The van der Waals surface area contributed by atoms with E-state index in [-0.39, 0.29) is 35.0 Å². The minimum Gasteiger partial charge on any atom is -0.457 e. The molecule has 9 heteroatoms. The van der Waals surface area contributed by atoms with Crippen LogP contribution in [-0.2, 0) is 5.41 Å². The summed E-state index contributed by atoms with van der Waals surface area (Å²) in [4.78, 5) is 9.15. The fourth-order valence-electron chi connectivity index (χ4n) is 10.6. The van der Waals surface area contributed by atoms with Gasteiger partial charge in [-0.25, -0.2) is 22.5 Å². The average Bonchev–Trinajstić information content (AvgIpc) is 3.91. The van der Waals surface area contributed by atoms with E-state index in [0.717, 1.165) is 67.9 Å². The van der Waals surface area contributed by atoms with Gasteiger partial charge in [0.15, 0.2) is 0 Å². The summed E-state index contributed by atoms with van der Waals surface area (Å²) < 4.78 is 69.7. The van der Waals surface area contributed by atoms with Gasteiger partial charge in [0.2, 0.25) is 0 Å². The molecular formula is C64H54F4N4O. The van der Waals surface area contributed by atoms with Crippen molar-refractivity contribution in [2.45, 2.75) is 65.7 Å². The number of hydrogen-bond acceptors (Lipinski definition) is 4. The van der Waals surface area contributed by atoms with Crippen LogP contribution in [0.25, 0.3) is 61.0 Å². The van der Waals surface area contributed by atoms with Crippen LogP contribution in [0.5, 0.6) is 11.5 Å². The molecule has 0 bridgehead atoms. The third-order valence-electron chi connectivity index (χ3n) is 14.0. The first kappa shape index (κ1) is 47.2. The molecule has 3 heterocycles. The maximum Gasteiger partial charge on any atom is 0.137 e. The van der Waals surface area contributed by atoms with E-state index >= 15 is 17.6 Å². The highest BCUT2D eigenvalue weighted by Crippen LogP contribution is 2.52. The molecule has 10 aromatic rings. The molecule has 0 fully saturated rings. The highest BCUT2D eigenvalue weighted by molar-refractivity contribution is 6.09. The SMILES string of the molecule is CC(C)c1cccc(C(C)C)c1-c1cc(Oc2ccc3c4ccccc4n(-c4cc(C(C)(C)C)ccn4)c3c2)cc(N2CN(c3c(-c4cc(F)cc(F)c4)cccc3-c3cc(F)cc(F)c3)c3ccccc32)c1. The van der Waals surface area contributed by atoms with E-state index in [1.807, 2.05) is 42.6 Å². The minimum absolute atomic E-state index is 0.0862. The zero-order chi connectivity index (χ0) is 50.9. The third kappa shape index (κ3) is 8.77. The molecule has 1 aliphatic rings. The van der Waals surface area contributed by atoms with Gasteiger partial charge < -0.3 is 14.5 Å². The Bertz CT molecular complexity index is 3640. The molecule has 2 aromatic heterocycles. The number of anilines is 4. The smallest absolute Gasteiger partial charge is 0.137 e. The fraction of sp³-hybridized carbons (Fsp3) is 0.172. The quantitative estimate of drug-likeness (QED) is 0.128. The highest BCUT2D eigenvalue weighted by atomic mass is 19.1. The summed E-state index contributed by atoms with van der Waals surface area (Å²) in [5, 5.41) is 2.18. The summed E-state index contributed by atoms with van der Waals surface area (Å²) in [5.74, 6) is -0.507. The second-order valence-electron chi connectivity index (χ2n) is 20.6. The summed E-state index contributed by atoms with van der Waals surface area (Å²) in [5.41, 5.74) is 12.1. The number of halogens is 4. The molecule has 0 amide bonds.